The van der Waals surface area contributed by atoms with E-state index >= 15 is 0 Å². The first-order valence-electron chi connectivity index (χ1n) is 38.5. The molecule has 0 aromatic carbocycles. The van der Waals surface area contributed by atoms with Crippen LogP contribution in [-0.4, -0.2) is 64.7 Å². The molecule has 85 heavy (non-hydrogen) atoms. The summed E-state index contributed by atoms with van der Waals surface area (Å²) in [5.41, 5.74) is 2.14. The normalized spacial score (nSPS) is 29.1. The first kappa shape index (κ1) is 74.7. The maximum Gasteiger partial charge on any atom is 0.305 e. The Hall–Kier alpha value is -0.990. The first-order chi connectivity index (χ1) is 41.3. The Labute approximate surface area is 527 Å². The summed E-state index contributed by atoms with van der Waals surface area (Å²) in [6, 6.07) is 0. The largest absolute Gasteiger partial charge is 0.463 e. The van der Waals surface area contributed by atoms with Crippen molar-refractivity contribution in [3.8, 4) is 0 Å². The molecule has 14 unspecified atom stereocenters. The van der Waals surface area contributed by atoms with Gasteiger partial charge in [0.25, 0.3) is 0 Å². The highest BCUT2D eigenvalue weighted by Crippen LogP contribution is 2.66. The van der Waals surface area contributed by atoms with Crippen LogP contribution in [0.1, 0.15) is 382 Å². The van der Waals surface area contributed by atoms with Gasteiger partial charge in [-0.25, -0.2) is 0 Å². The highest BCUT2D eigenvalue weighted by molar-refractivity contribution is 5.69. The number of rotatable bonds is 51. The van der Waals surface area contributed by atoms with Gasteiger partial charge in [-0.2, -0.15) is 0 Å². The van der Waals surface area contributed by atoms with Gasteiger partial charge < -0.3 is 29.5 Å². The zero-order valence-corrected chi connectivity index (χ0v) is 57.5. The zero-order valence-electron chi connectivity index (χ0n) is 57.5. The van der Waals surface area contributed by atoms with Crippen LogP contribution in [0.25, 0.3) is 0 Å². The average molecular weight is 1190 g/mol. The van der Waals surface area contributed by atoms with Gasteiger partial charge in [-0.05, 0) is 116 Å². The van der Waals surface area contributed by atoms with Crippen LogP contribution in [0.5, 0.6) is 0 Å². The summed E-state index contributed by atoms with van der Waals surface area (Å²) in [6.07, 6.45) is 65.9. The monoisotopic (exact) mass is 1190 g/mol. The predicted octanol–water partition coefficient (Wildman–Crippen LogP) is 22.4. The molecule has 0 radical (unpaired) electrons. The van der Waals surface area contributed by atoms with E-state index in [-0.39, 0.29) is 24.1 Å². The number of aliphatic hydroxyl groups excluding tert-OH is 3. The summed E-state index contributed by atoms with van der Waals surface area (Å²) in [4.78, 5) is 12.8. The van der Waals surface area contributed by atoms with Crippen LogP contribution in [-0.2, 0) is 19.0 Å². The van der Waals surface area contributed by atoms with Crippen molar-refractivity contribution < 1.29 is 34.3 Å². The van der Waals surface area contributed by atoms with Crippen LogP contribution < -0.4 is 0 Å². The SMILES string of the molecule is CCCCCCCCCCCCCCCCCCCCCCCCCCCCCCCCCCCCCCCCCCC(=O)OCC1OC(OC2CCC3(C)C(=CCC4C5CC(C(C)CCC(CC)C(C)C)CC5(C)CCC43)C2)C(O)C(O)C1O. The van der Waals surface area contributed by atoms with Crippen molar-refractivity contribution in [1.29, 1.82) is 0 Å². The number of aliphatic hydroxyl groups is 3. The lowest BCUT2D eigenvalue weighted by Crippen LogP contribution is -2.60. The number of esters is 1. The maximum atomic E-state index is 12.8. The number of ether oxygens (including phenoxy) is 3. The second-order valence-electron chi connectivity index (χ2n) is 30.9. The van der Waals surface area contributed by atoms with Gasteiger partial charge in [0, 0.05) is 6.42 Å². The van der Waals surface area contributed by atoms with Crippen molar-refractivity contribution in [1.82, 2.24) is 0 Å². The van der Waals surface area contributed by atoms with Crippen molar-refractivity contribution >= 4 is 5.97 Å². The molecule has 4 aliphatic carbocycles. The van der Waals surface area contributed by atoms with Gasteiger partial charge in [0.05, 0.1) is 6.10 Å². The molecule has 0 amide bonds. The van der Waals surface area contributed by atoms with E-state index in [1.165, 1.54) is 288 Å². The summed E-state index contributed by atoms with van der Waals surface area (Å²) < 4.78 is 18.2. The van der Waals surface area contributed by atoms with Crippen LogP contribution in [0.15, 0.2) is 11.6 Å². The number of allylic oxidation sites excluding steroid dienone is 1. The lowest BCUT2D eigenvalue weighted by molar-refractivity contribution is -0.313. The molecule has 5 aliphatic rings. The third kappa shape index (κ3) is 27.4. The predicted molar refractivity (Wildman–Crippen MR) is 360 cm³/mol. The van der Waals surface area contributed by atoms with Crippen molar-refractivity contribution in [2.45, 2.75) is 419 Å². The van der Waals surface area contributed by atoms with Gasteiger partial charge in [0.15, 0.2) is 6.29 Å². The van der Waals surface area contributed by atoms with Crippen molar-refractivity contribution in [3.63, 3.8) is 0 Å². The van der Waals surface area contributed by atoms with E-state index in [0.717, 1.165) is 80.5 Å². The molecule has 0 aromatic heterocycles. The van der Waals surface area contributed by atoms with Crippen LogP contribution >= 0.6 is 0 Å². The topological polar surface area (TPSA) is 105 Å². The number of unbranched alkanes of at least 4 members (excludes halogenated alkanes) is 39. The summed E-state index contributed by atoms with van der Waals surface area (Å²) in [5, 5.41) is 32.8. The Bertz CT molecular complexity index is 1700. The molecule has 4 fully saturated rings. The molecular weight excluding hydrogens is 1050 g/mol. The van der Waals surface area contributed by atoms with Crippen molar-refractivity contribution in [2.24, 2.45) is 52.3 Å². The van der Waals surface area contributed by atoms with Crippen LogP contribution in [0.2, 0.25) is 0 Å². The van der Waals surface area contributed by atoms with E-state index in [4.69, 9.17) is 14.2 Å². The van der Waals surface area contributed by atoms with Gasteiger partial charge in [0.2, 0.25) is 0 Å². The third-order valence-electron chi connectivity index (χ3n) is 23.8. The fourth-order valence-electron chi connectivity index (χ4n) is 17.7. The van der Waals surface area contributed by atoms with Gasteiger partial charge in [-0.3, -0.25) is 4.79 Å². The minimum atomic E-state index is -1.44. The molecule has 5 rings (SSSR count). The molecule has 7 nitrogen and oxygen atoms in total. The van der Waals surface area contributed by atoms with Crippen molar-refractivity contribution in [2.75, 3.05) is 6.61 Å². The van der Waals surface area contributed by atoms with E-state index in [9.17, 15) is 20.1 Å². The summed E-state index contributed by atoms with van der Waals surface area (Å²) in [5.74, 6) is 5.25. The Balaban J connectivity index is 0.774. The Morgan fingerprint density at radius 2 is 1.01 bits per heavy atom. The fourth-order valence-corrected chi connectivity index (χ4v) is 17.7. The number of hydrogen-bond acceptors (Lipinski definition) is 7. The molecule has 1 heterocycles. The van der Waals surface area contributed by atoms with Gasteiger partial charge >= 0.3 is 5.97 Å². The lowest BCUT2D eigenvalue weighted by Gasteiger charge is -2.57. The quantitative estimate of drug-likeness (QED) is 0.0317. The summed E-state index contributed by atoms with van der Waals surface area (Å²) in [7, 11) is 0. The number of carbonyl (C=O) groups excluding carboxylic acids is 1. The van der Waals surface area contributed by atoms with E-state index < -0.39 is 30.7 Å². The smallest absolute Gasteiger partial charge is 0.305 e. The Morgan fingerprint density at radius 1 is 0.565 bits per heavy atom. The summed E-state index contributed by atoms with van der Waals surface area (Å²) in [6.45, 7) is 17.1. The molecule has 0 bridgehead atoms. The Kier molecular flexibility index (Phi) is 38.4. The van der Waals surface area contributed by atoms with Gasteiger partial charge in [-0.1, -0.05) is 323 Å². The Morgan fingerprint density at radius 3 is 1.45 bits per heavy atom. The highest BCUT2D eigenvalue weighted by Gasteiger charge is 2.58. The van der Waals surface area contributed by atoms with Crippen LogP contribution in [0.3, 0.4) is 0 Å². The number of carbonyl (C=O) groups is 1. The minimum Gasteiger partial charge on any atom is -0.463 e. The van der Waals surface area contributed by atoms with E-state index in [0.29, 0.717) is 17.8 Å². The number of fused-ring (bicyclic) bond motifs is 5. The molecule has 1 saturated heterocycles. The standard InChI is InChI=1S/C78H144O7/c1-8-10-11-12-13-14-15-16-17-18-19-20-21-22-23-24-25-26-27-28-29-30-31-32-33-34-35-36-37-38-39-40-41-42-43-44-45-46-47-48-49-72(79)83-61-71-73(80)74(81)75(82)76(85-71)84-67-54-57-78(7)66(59-67)52-53-68-69(78)55-56-77(6)60-65(58-70(68)77)63(5)50-51-64(9-2)62(3)4/h52,62-65,67-71,73-76,80-82H,8-51,53-61H2,1-7H3. The molecular formula is C78H144O7. The van der Waals surface area contributed by atoms with E-state index in [1.807, 2.05) is 0 Å². The van der Waals surface area contributed by atoms with Gasteiger partial charge in [0.1, 0.15) is 31.0 Å². The average Bonchev–Trinajstić information content (AvgIpc) is 1.83. The van der Waals surface area contributed by atoms with Gasteiger partial charge in [-0.15, -0.1) is 0 Å². The fraction of sp³-hybridized carbons (Fsp3) is 0.962. The second-order valence-corrected chi connectivity index (χ2v) is 30.9. The van der Waals surface area contributed by atoms with E-state index in [2.05, 4.69) is 54.5 Å². The second kappa shape index (κ2) is 43.7. The van der Waals surface area contributed by atoms with Crippen LogP contribution in [0.4, 0.5) is 0 Å². The zero-order chi connectivity index (χ0) is 61.0. The lowest BCUT2D eigenvalue weighted by atomic mass is 9.48. The van der Waals surface area contributed by atoms with Crippen molar-refractivity contribution in [3.05, 3.63) is 11.6 Å². The van der Waals surface area contributed by atoms with E-state index in [1.54, 1.807) is 0 Å². The number of hydrogen-bond donors (Lipinski definition) is 3. The first-order valence-corrected chi connectivity index (χ1v) is 38.5. The molecule has 3 N–H and O–H groups in total. The molecule has 0 spiro atoms. The van der Waals surface area contributed by atoms with Crippen LogP contribution in [0, 0.1) is 52.3 Å². The molecule has 3 saturated carbocycles. The maximum absolute atomic E-state index is 12.8. The summed E-state index contributed by atoms with van der Waals surface area (Å²) >= 11 is 0. The molecule has 0 aromatic rings. The minimum absolute atomic E-state index is 0.142. The molecule has 7 heteroatoms. The third-order valence-corrected chi connectivity index (χ3v) is 23.8. The molecule has 498 valence electrons. The molecule has 14 atom stereocenters. The highest BCUT2D eigenvalue weighted by atomic mass is 16.7. The molecule has 1 aliphatic heterocycles.